The molecule has 0 amide bonds. The zero-order valence-corrected chi connectivity index (χ0v) is 19.5. The van der Waals surface area contributed by atoms with E-state index in [1.54, 1.807) is 0 Å². The van der Waals surface area contributed by atoms with Gasteiger partial charge < -0.3 is 9.80 Å². The minimum Gasteiger partial charge on any atom is -0.343 e. The molecule has 4 aromatic carbocycles. The molecule has 6 rings (SSSR count). The number of hydrogen-bond acceptors (Lipinski definition) is 5. The Kier molecular flexibility index (Phi) is 4.74. The van der Waals surface area contributed by atoms with Crippen LogP contribution in [0.4, 0.5) is 28.4 Å². The van der Waals surface area contributed by atoms with Crippen molar-refractivity contribution >= 4 is 58.2 Å². The summed E-state index contributed by atoms with van der Waals surface area (Å²) < 4.78 is 0. The van der Waals surface area contributed by atoms with Gasteiger partial charge in [0.25, 0.3) is 0 Å². The smallest absolute Gasteiger partial charge is 0.0651 e. The summed E-state index contributed by atoms with van der Waals surface area (Å²) in [6, 6.07) is 30.1. The van der Waals surface area contributed by atoms with Gasteiger partial charge in [-0.2, -0.15) is 0 Å². The van der Waals surface area contributed by atoms with Crippen LogP contribution in [0.1, 0.15) is 5.56 Å². The fraction of sp³-hybridized carbons (Fsp3) is 0.0741. The lowest BCUT2D eigenvalue weighted by molar-refractivity contribution is 1.11. The van der Waals surface area contributed by atoms with Crippen LogP contribution in [0.25, 0.3) is 0 Å². The van der Waals surface area contributed by atoms with Gasteiger partial charge in [-0.05, 0) is 60.2 Å². The lowest BCUT2D eigenvalue weighted by atomic mass is 10.2. The third-order valence-electron chi connectivity index (χ3n) is 5.90. The van der Waals surface area contributed by atoms with Crippen molar-refractivity contribution in [1.82, 2.24) is 0 Å². The van der Waals surface area contributed by atoms with Crippen LogP contribution in [0, 0.1) is 0 Å². The summed E-state index contributed by atoms with van der Waals surface area (Å²) in [5.74, 6) is 0. The van der Waals surface area contributed by atoms with Gasteiger partial charge in [0, 0.05) is 39.9 Å². The standard InChI is InChI=1S/C27H21N3S2/c1-29-20-7-3-6-10-25(20)32-27-15-18(11-13-22(27)29)17-28-19-12-14-26-23(16-19)30(2)21-8-4-5-9-24(21)31-26/h3-17H,1-2H3. The quantitative estimate of drug-likeness (QED) is 0.288. The molecule has 156 valence electrons. The Bertz CT molecular complexity index is 1380. The predicted octanol–water partition coefficient (Wildman–Crippen LogP) is 7.90. The van der Waals surface area contributed by atoms with E-state index in [9.17, 15) is 0 Å². The number of rotatable bonds is 2. The summed E-state index contributed by atoms with van der Waals surface area (Å²) in [6.07, 6.45) is 1.97. The molecule has 0 saturated carbocycles. The maximum Gasteiger partial charge on any atom is 0.0651 e. The number of fused-ring (bicyclic) bond motifs is 4. The van der Waals surface area contributed by atoms with E-state index in [0.717, 1.165) is 11.3 Å². The monoisotopic (exact) mass is 451 g/mol. The third-order valence-corrected chi connectivity index (χ3v) is 8.15. The summed E-state index contributed by atoms with van der Waals surface area (Å²) in [5.41, 5.74) is 6.99. The van der Waals surface area contributed by atoms with Crippen LogP contribution in [0.3, 0.4) is 0 Å². The molecule has 0 unspecified atom stereocenters. The molecule has 0 fully saturated rings. The molecule has 0 radical (unpaired) electrons. The van der Waals surface area contributed by atoms with Gasteiger partial charge in [0.05, 0.1) is 28.4 Å². The minimum absolute atomic E-state index is 0.961. The van der Waals surface area contributed by atoms with E-state index in [4.69, 9.17) is 4.99 Å². The van der Waals surface area contributed by atoms with E-state index in [0.29, 0.717) is 0 Å². The Labute approximate surface area is 196 Å². The first-order valence-electron chi connectivity index (χ1n) is 10.5. The van der Waals surface area contributed by atoms with Crippen molar-refractivity contribution in [2.75, 3.05) is 23.9 Å². The second-order valence-electron chi connectivity index (χ2n) is 7.89. The maximum atomic E-state index is 4.80. The van der Waals surface area contributed by atoms with Gasteiger partial charge in [0.15, 0.2) is 0 Å². The Morgan fingerprint density at radius 1 is 0.594 bits per heavy atom. The molecule has 0 atom stereocenters. The number of nitrogens with zero attached hydrogens (tertiary/aromatic N) is 3. The van der Waals surface area contributed by atoms with Crippen LogP contribution in [0.15, 0.2) is 110 Å². The number of benzene rings is 4. The maximum absolute atomic E-state index is 4.80. The van der Waals surface area contributed by atoms with Crippen molar-refractivity contribution in [3.8, 4) is 0 Å². The van der Waals surface area contributed by atoms with E-state index in [1.807, 2.05) is 29.7 Å². The third kappa shape index (κ3) is 3.29. The van der Waals surface area contributed by atoms with E-state index in [-0.39, 0.29) is 0 Å². The van der Waals surface area contributed by atoms with Gasteiger partial charge in [-0.3, -0.25) is 4.99 Å². The van der Waals surface area contributed by atoms with Crippen molar-refractivity contribution in [3.05, 3.63) is 90.5 Å². The molecule has 0 aromatic heterocycles. The Morgan fingerprint density at radius 2 is 1.19 bits per heavy atom. The van der Waals surface area contributed by atoms with Crippen molar-refractivity contribution in [1.29, 1.82) is 0 Å². The fourth-order valence-corrected chi connectivity index (χ4v) is 6.52. The number of aliphatic imine (C=N–C) groups is 1. The largest absolute Gasteiger partial charge is 0.343 e. The summed E-state index contributed by atoms with van der Waals surface area (Å²) in [6.45, 7) is 0. The average Bonchev–Trinajstić information content (AvgIpc) is 2.83. The normalized spacial score (nSPS) is 14.1. The molecule has 5 heteroatoms. The molecule has 2 aliphatic rings. The predicted molar refractivity (Wildman–Crippen MR) is 137 cm³/mol. The molecule has 0 spiro atoms. The molecule has 32 heavy (non-hydrogen) atoms. The average molecular weight is 452 g/mol. The van der Waals surface area contributed by atoms with Crippen molar-refractivity contribution in [2.24, 2.45) is 4.99 Å². The van der Waals surface area contributed by atoms with Gasteiger partial charge in [-0.25, -0.2) is 0 Å². The Balaban J connectivity index is 1.28. The first kappa shape index (κ1) is 19.5. The van der Waals surface area contributed by atoms with Crippen molar-refractivity contribution in [3.63, 3.8) is 0 Å². The highest BCUT2D eigenvalue weighted by atomic mass is 32.2. The summed E-state index contributed by atoms with van der Waals surface area (Å²) in [7, 11) is 4.25. The molecule has 3 nitrogen and oxygen atoms in total. The lowest BCUT2D eigenvalue weighted by Crippen LogP contribution is -2.14. The number of hydrogen-bond donors (Lipinski definition) is 0. The molecule has 4 aromatic rings. The summed E-state index contributed by atoms with van der Waals surface area (Å²) in [5, 5.41) is 0. The van der Waals surface area contributed by atoms with Crippen LogP contribution < -0.4 is 9.80 Å². The molecule has 0 bridgehead atoms. The van der Waals surface area contributed by atoms with E-state index in [2.05, 4.69) is 109 Å². The van der Waals surface area contributed by atoms with Crippen LogP contribution in [0.2, 0.25) is 0 Å². The van der Waals surface area contributed by atoms with Crippen molar-refractivity contribution < 1.29 is 0 Å². The molecule has 0 saturated heterocycles. The summed E-state index contributed by atoms with van der Waals surface area (Å²) in [4.78, 5) is 14.4. The molecule has 0 N–H and O–H groups in total. The highest BCUT2D eigenvalue weighted by molar-refractivity contribution is 8.00. The lowest BCUT2D eigenvalue weighted by Gasteiger charge is -2.29. The topological polar surface area (TPSA) is 18.8 Å². The minimum atomic E-state index is 0.961. The molecular weight excluding hydrogens is 430 g/mol. The van der Waals surface area contributed by atoms with Crippen molar-refractivity contribution in [2.45, 2.75) is 19.6 Å². The molecule has 2 aliphatic heterocycles. The zero-order chi connectivity index (χ0) is 21.7. The van der Waals surface area contributed by atoms with Crippen LogP contribution in [-0.2, 0) is 0 Å². The second-order valence-corrected chi connectivity index (χ2v) is 10.1. The first-order chi connectivity index (χ1) is 15.7. The van der Waals surface area contributed by atoms with Gasteiger partial charge in [0.2, 0.25) is 0 Å². The molecule has 0 aliphatic carbocycles. The number of para-hydroxylation sites is 2. The highest BCUT2D eigenvalue weighted by Crippen LogP contribution is 2.49. The van der Waals surface area contributed by atoms with E-state index < -0.39 is 0 Å². The Morgan fingerprint density at radius 3 is 1.94 bits per heavy atom. The van der Waals surface area contributed by atoms with Gasteiger partial charge in [-0.1, -0.05) is 53.9 Å². The van der Waals surface area contributed by atoms with E-state index in [1.165, 1.54) is 42.3 Å². The Hall–Kier alpha value is -3.15. The van der Waals surface area contributed by atoms with Gasteiger partial charge >= 0.3 is 0 Å². The fourth-order valence-electron chi connectivity index (χ4n) is 4.19. The zero-order valence-electron chi connectivity index (χ0n) is 17.8. The van der Waals surface area contributed by atoms with Crippen LogP contribution in [-0.4, -0.2) is 20.3 Å². The highest BCUT2D eigenvalue weighted by Gasteiger charge is 2.21. The SMILES string of the molecule is CN1c2ccccc2Sc2cc(C=Nc3ccc4c(c3)N(C)c3ccccc3S4)ccc21. The van der Waals surface area contributed by atoms with Gasteiger partial charge in [-0.15, -0.1) is 0 Å². The van der Waals surface area contributed by atoms with Crippen LogP contribution in [0.5, 0.6) is 0 Å². The molecule has 2 heterocycles. The second kappa shape index (κ2) is 7.76. The summed E-state index contributed by atoms with van der Waals surface area (Å²) >= 11 is 3.64. The van der Waals surface area contributed by atoms with Crippen LogP contribution >= 0.6 is 23.5 Å². The van der Waals surface area contributed by atoms with Gasteiger partial charge in [0.1, 0.15) is 0 Å². The molecular formula is C27H21N3S2. The van der Waals surface area contributed by atoms with E-state index >= 15 is 0 Å². The first-order valence-corrected chi connectivity index (χ1v) is 12.1. The number of anilines is 4.